The summed E-state index contributed by atoms with van der Waals surface area (Å²) in [6.07, 6.45) is 5.23. The van der Waals surface area contributed by atoms with Gasteiger partial charge in [-0.05, 0) is 52.2 Å². The molecule has 0 aromatic rings. The molecule has 2 N–H and O–H groups in total. The first kappa shape index (κ1) is 18.4. The van der Waals surface area contributed by atoms with Crippen LogP contribution >= 0.6 is 0 Å². The second-order valence-corrected chi connectivity index (χ2v) is 7.37. The van der Waals surface area contributed by atoms with Crippen molar-refractivity contribution in [3.8, 4) is 0 Å². The smallest absolute Gasteiger partial charge is 0.227 e. The molecule has 0 saturated carbocycles. The maximum absolute atomic E-state index is 12.9. The van der Waals surface area contributed by atoms with Gasteiger partial charge in [0, 0.05) is 19.1 Å². The van der Waals surface area contributed by atoms with Crippen LogP contribution in [0.4, 0.5) is 0 Å². The molecule has 1 saturated heterocycles. The molecule has 2 atom stereocenters. The van der Waals surface area contributed by atoms with Gasteiger partial charge in [-0.15, -0.1) is 0 Å². The van der Waals surface area contributed by atoms with Gasteiger partial charge in [0.15, 0.2) is 0 Å². The molecule has 0 aromatic heterocycles. The highest BCUT2D eigenvalue weighted by Crippen LogP contribution is 2.32. The van der Waals surface area contributed by atoms with Crippen LogP contribution in [0.15, 0.2) is 0 Å². The number of carbonyl (C=O) groups is 1. The van der Waals surface area contributed by atoms with Crippen molar-refractivity contribution >= 4 is 5.91 Å². The number of hydrogen-bond donors (Lipinski definition) is 2. The Labute approximate surface area is 131 Å². The normalized spacial score (nSPS) is 24.3. The minimum atomic E-state index is -0.186. The van der Waals surface area contributed by atoms with Crippen LogP contribution in [-0.2, 0) is 4.79 Å². The molecule has 0 bridgehead atoms. The van der Waals surface area contributed by atoms with Gasteiger partial charge >= 0.3 is 0 Å². The van der Waals surface area contributed by atoms with Crippen molar-refractivity contribution in [3.05, 3.63) is 0 Å². The Kier molecular flexibility index (Phi) is 7.67. The summed E-state index contributed by atoms with van der Waals surface area (Å²) in [5.74, 6) is 0.867. The Hall–Kier alpha value is -0.610. The van der Waals surface area contributed by atoms with Crippen LogP contribution in [-0.4, -0.2) is 50.6 Å². The van der Waals surface area contributed by atoms with E-state index in [1.165, 1.54) is 0 Å². The van der Waals surface area contributed by atoms with Gasteiger partial charge in [-0.2, -0.15) is 0 Å². The van der Waals surface area contributed by atoms with E-state index >= 15 is 0 Å². The minimum absolute atomic E-state index is 0.186. The minimum Gasteiger partial charge on any atom is -0.352 e. The highest BCUT2D eigenvalue weighted by molar-refractivity contribution is 5.83. The fraction of sp³-hybridized carbons (Fsp3) is 0.941. The van der Waals surface area contributed by atoms with Gasteiger partial charge in [-0.3, -0.25) is 4.79 Å². The molecule has 0 aromatic carbocycles. The largest absolute Gasteiger partial charge is 0.352 e. The first-order chi connectivity index (χ1) is 9.89. The van der Waals surface area contributed by atoms with E-state index in [0.717, 1.165) is 51.7 Å². The number of hydrogen-bond acceptors (Lipinski definition) is 3. The molecule has 1 heterocycles. The summed E-state index contributed by atoms with van der Waals surface area (Å²) in [6, 6.07) is 0.253. The van der Waals surface area contributed by atoms with E-state index in [1.807, 2.05) is 0 Å². The second-order valence-electron chi connectivity index (χ2n) is 7.37. The van der Waals surface area contributed by atoms with E-state index in [4.69, 9.17) is 0 Å². The molecule has 1 aliphatic heterocycles. The number of likely N-dealkylation sites (N-methyl/N-ethyl adjacent to an activating group) is 1. The fourth-order valence-corrected chi connectivity index (χ4v) is 3.49. The van der Waals surface area contributed by atoms with Crippen LogP contribution in [0.3, 0.4) is 0 Å². The van der Waals surface area contributed by atoms with Crippen LogP contribution in [0.25, 0.3) is 0 Å². The zero-order chi connectivity index (χ0) is 15.9. The Morgan fingerprint density at radius 2 is 2.10 bits per heavy atom. The predicted octanol–water partition coefficient (Wildman–Crippen LogP) is 2.25. The summed E-state index contributed by atoms with van der Waals surface area (Å²) in [5.41, 5.74) is -0.186. The Balaban J connectivity index is 2.71. The van der Waals surface area contributed by atoms with E-state index in [2.05, 4.69) is 50.4 Å². The number of rotatable bonds is 8. The maximum atomic E-state index is 12.9. The maximum Gasteiger partial charge on any atom is 0.227 e. The summed E-state index contributed by atoms with van der Waals surface area (Å²) < 4.78 is 0. The molecular formula is C17H35N3O. The zero-order valence-corrected chi connectivity index (χ0v) is 14.7. The lowest BCUT2D eigenvalue weighted by Crippen LogP contribution is -2.54. The monoisotopic (exact) mass is 297 g/mol. The van der Waals surface area contributed by atoms with Crippen molar-refractivity contribution in [2.24, 2.45) is 11.3 Å². The molecule has 1 amide bonds. The van der Waals surface area contributed by atoms with Gasteiger partial charge in [-0.1, -0.05) is 27.2 Å². The average molecular weight is 297 g/mol. The molecule has 0 spiro atoms. The Morgan fingerprint density at radius 1 is 1.38 bits per heavy atom. The summed E-state index contributed by atoms with van der Waals surface area (Å²) >= 11 is 0. The Morgan fingerprint density at radius 3 is 2.57 bits per heavy atom. The molecule has 1 rings (SSSR count). The lowest BCUT2D eigenvalue weighted by Gasteiger charge is -2.38. The summed E-state index contributed by atoms with van der Waals surface area (Å²) in [7, 11) is 4.15. The molecule has 1 aliphatic rings. The SMILES string of the molecule is CCCC1(C(=O)NC(CC(C)C)CN(C)C)CCCNC1. The highest BCUT2D eigenvalue weighted by Gasteiger charge is 2.39. The third kappa shape index (κ3) is 5.95. The number of nitrogens with one attached hydrogen (secondary N) is 2. The van der Waals surface area contributed by atoms with Crippen LogP contribution < -0.4 is 10.6 Å². The van der Waals surface area contributed by atoms with Crippen molar-refractivity contribution in [1.82, 2.24) is 15.5 Å². The number of nitrogens with zero attached hydrogens (tertiary/aromatic N) is 1. The fourth-order valence-electron chi connectivity index (χ4n) is 3.49. The quantitative estimate of drug-likeness (QED) is 0.722. The van der Waals surface area contributed by atoms with Gasteiger partial charge in [0.2, 0.25) is 5.91 Å². The van der Waals surface area contributed by atoms with E-state index in [1.54, 1.807) is 0 Å². The summed E-state index contributed by atoms with van der Waals surface area (Å²) in [6.45, 7) is 9.42. The van der Waals surface area contributed by atoms with Crippen LogP contribution in [0.2, 0.25) is 0 Å². The second kappa shape index (κ2) is 8.74. The van der Waals surface area contributed by atoms with Crippen molar-refractivity contribution < 1.29 is 4.79 Å². The molecule has 4 heteroatoms. The molecule has 124 valence electrons. The van der Waals surface area contributed by atoms with E-state index < -0.39 is 0 Å². The van der Waals surface area contributed by atoms with E-state index in [9.17, 15) is 4.79 Å². The zero-order valence-electron chi connectivity index (χ0n) is 14.7. The molecule has 4 nitrogen and oxygen atoms in total. The lowest BCUT2D eigenvalue weighted by molar-refractivity contribution is -0.133. The van der Waals surface area contributed by atoms with Crippen LogP contribution in [0.1, 0.15) is 52.9 Å². The van der Waals surface area contributed by atoms with Gasteiger partial charge in [0.1, 0.15) is 0 Å². The average Bonchev–Trinajstić information content (AvgIpc) is 2.38. The van der Waals surface area contributed by atoms with Crippen molar-refractivity contribution in [2.75, 3.05) is 33.7 Å². The van der Waals surface area contributed by atoms with Gasteiger partial charge in [-0.25, -0.2) is 0 Å². The third-order valence-corrected chi connectivity index (χ3v) is 4.36. The van der Waals surface area contributed by atoms with Crippen molar-refractivity contribution in [3.63, 3.8) is 0 Å². The van der Waals surface area contributed by atoms with Gasteiger partial charge in [0.05, 0.1) is 5.41 Å². The first-order valence-electron chi connectivity index (χ1n) is 8.56. The first-order valence-corrected chi connectivity index (χ1v) is 8.56. The predicted molar refractivity (Wildman–Crippen MR) is 89.4 cm³/mol. The van der Waals surface area contributed by atoms with Crippen molar-refractivity contribution in [1.29, 1.82) is 0 Å². The van der Waals surface area contributed by atoms with Crippen LogP contribution in [0, 0.1) is 11.3 Å². The van der Waals surface area contributed by atoms with Crippen molar-refractivity contribution in [2.45, 2.75) is 58.9 Å². The number of carbonyl (C=O) groups excluding carboxylic acids is 1. The number of amides is 1. The Bertz CT molecular complexity index is 294. The summed E-state index contributed by atoms with van der Waals surface area (Å²) in [5, 5.41) is 6.78. The number of piperidine rings is 1. The molecule has 0 aliphatic carbocycles. The molecule has 2 unspecified atom stereocenters. The van der Waals surface area contributed by atoms with E-state index in [-0.39, 0.29) is 17.4 Å². The van der Waals surface area contributed by atoms with Crippen LogP contribution in [0.5, 0.6) is 0 Å². The standard InChI is InChI=1S/C17H35N3O/c1-6-8-17(9-7-10-18-13-17)16(21)19-15(11-14(2)3)12-20(4)5/h14-15,18H,6-13H2,1-5H3,(H,19,21). The molecule has 1 fully saturated rings. The summed E-state index contributed by atoms with van der Waals surface area (Å²) in [4.78, 5) is 15.1. The molecule has 21 heavy (non-hydrogen) atoms. The van der Waals surface area contributed by atoms with Gasteiger partial charge in [0.25, 0.3) is 0 Å². The topological polar surface area (TPSA) is 44.4 Å². The molecular weight excluding hydrogens is 262 g/mol. The lowest BCUT2D eigenvalue weighted by atomic mass is 9.76. The highest BCUT2D eigenvalue weighted by atomic mass is 16.2. The molecule has 0 radical (unpaired) electrons. The van der Waals surface area contributed by atoms with Gasteiger partial charge < -0.3 is 15.5 Å². The van der Waals surface area contributed by atoms with E-state index in [0.29, 0.717) is 5.92 Å². The third-order valence-electron chi connectivity index (χ3n) is 4.36.